The molecule has 1 aliphatic carbocycles. The van der Waals surface area contributed by atoms with Gasteiger partial charge in [0.2, 0.25) is 0 Å². The van der Waals surface area contributed by atoms with E-state index < -0.39 is 0 Å². The molecule has 0 heterocycles. The molecule has 0 radical (unpaired) electrons. The third-order valence-electron chi connectivity index (χ3n) is 4.00. The van der Waals surface area contributed by atoms with Crippen LogP contribution in [0.3, 0.4) is 0 Å². The maximum atomic E-state index is 12.0. The van der Waals surface area contributed by atoms with Crippen LogP contribution in [0.1, 0.15) is 66.4 Å². The molecule has 0 unspecified atom stereocenters. The van der Waals surface area contributed by atoms with E-state index in [9.17, 15) is 9.59 Å². The Bertz CT molecular complexity index is 479. The van der Waals surface area contributed by atoms with E-state index in [0.29, 0.717) is 18.9 Å². The van der Waals surface area contributed by atoms with E-state index in [0.717, 1.165) is 49.5 Å². The van der Waals surface area contributed by atoms with Gasteiger partial charge in [-0.25, -0.2) is 4.79 Å². The number of rotatable bonds is 6. The Balaban J connectivity index is 2.21. The molecule has 1 aliphatic rings. The fourth-order valence-corrected chi connectivity index (χ4v) is 3.09. The first-order valence-corrected chi connectivity index (χ1v) is 7.50. The average Bonchev–Trinajstić information content (AvgIpc) is 2.47. The maximum absolute atomic E-state index is 12.0. The summed E-state index contributed by atoms with van der Waals surface area (Å²) in [7, 11) is 0. The van der Waals surface area contributed by atoms with Crippen LogP contribution in [0.15, 0.2) is 18.2 Å². The highest BCUT2D eigenvalue weighted by Gasteiger charge is 2.24. The first kappa shape index (κ1) is 14.8. The Morgan fingerprint density at radius 3 is 3.05 bits per heavy atom. The van der Waals surface area contributed by atoms with E-state index >= 15 is 0 Å². The zero-order chi connectivity index (χ0) is 14.4. The molecule has 0 aliphatic heterocycles. The van der Waals surface area contributed by atoms with Gasteiger partial charge in [-0.1, -0.05) is 12.1 Å². The molecule has 0 amide bonds. The van der Waals surface area contributed by atoms with Crippen LogP contribution in [0.5, 0.6) is 0 Å². The summed E-state index contributed by atoms with van der Waals surface area (Å²) >= 11 is 0. The number of fused-ring (bicyclic) bond motifs is 1. The number of ether oxygens (including phenoxy) is 1. The average molecular weight is 274 g/mol. The second kappa shape index (κ2) is 7.22. The summed E-state index contributed by atoms with van der Waals surface area (Å²) in [5.41, 5.74) is 3.17. The third-order valence-corrected chi connectivity index (χ3v) is 4.00. The van der Waals surface area contributed by atoms with Crippen LogP contribution < -0.4 is 0 Å². The Morgan fingerprint density at radius 1 is 1.45 bits per heavy atom. The summed E-state index contributed by atoms with van der Waals surface area (Å²) < 4.78 is 5.14. The van der Waals surface area contributed by atoms with Crippen LogP contribution in [0.25, 0.3) is 0 Å². The van der Waals surface area contributed by atoms with Gasteiger partial charge in [0.15, 0.2) is 0 Å². The summed E-state index contributed by atoms with van der Waals surface area (Å²) in [4.78, 5) is 22.5. The molecule has 3 heteroatoms. The predicted octanol–water partition coefficient (Wildman–Crippen LogP) is 3.65. The van der Waals surface area contributed by atoms with E-state index in [1.54, 1.807) is 0 Å². The monoisotopic (exact) mass is 274 g/mol. The Labute approximate surface area is 120 Å². The SMILES string of the molecule is CCOC(=O)c1cccc2c1CCC[C@@H]2CCCC=O. The molecule has 1 aromatic rings. The van der Waals surface area contributed by atoms with Crippen molar-refractivity contribution in [3.05, 3.63) is 34.9 Å². The quantitative estimate of drug-likeness (QED) is 0.452. The predicted molar refractivity (Wildman–Crippen MR) is 78.0 cm³/mol. The van der Waals surface area contributed by atoms with Gasteiger partial charge < -0.3 is 9.53 Å². The summed E-state index contributed by atoms with van der Waals surface area (Å²) in [5, 5.41) is 0. The topological polar surface area (TPSA) is 43.4 Å². The largest absolute Gasteiger partial charge is 0.462 e. The molecule has 108 valence electrons. The van der Waals surface area contributed by atoms with Gasteiger partial charge in [0, 0.05) is 6.42 Å². The second-order valence-corrected chi connectivity index (χ2v) is 5.28. The number of esters is 1. The highest BCUT2D eigenvalue weighted by atomic mass is 16.5. The van der Waals surface area contributed by atoms with E-state index in [2.05, 4.69) is 6.07 Å². The van der Waals surface area contributed by atoms with Gasteiger partial charge in [0.05, 0.1) is 12.2 Å². The molecule has 0 saturated carbocycles. The van der Waals surface area contributed by atoms with E-state index in [1.165, 1.54) is 5.56 Å². The molecule has 0 N–H and O–H groups in total. The Morgan fingerprint density at radius 2 is 2.30 bits per heavy atom. The van der Waals surface area contributed by atoms with Gasteiger partial charge >= 0.3 is 5.97 Å². The second-order valence-electron chi connectivity index (χ2n) is 5.28. The zero-order valence-corrected chi connectivity index (χ0v) is 12.1. The van der Waals surface area contributed by atoms with Crippen molar-refractivity contribution in [2.45, 2.75) is 51.4 Å². The fraction of sp³-hybridized carbons (Fsp3) is 0.529. The summed E-state index contributed by atoms with van der Waals surface area (Å²) in [6.45, 7) is 2.24. The van der Waals surface area contributed by atoms with Crippen LogP contribution in [-0.2, 0) is 16.0 Å². The van der Waals surface area contributed by atoms with Crippen molar-refractivity contribution in [1.82, 2.24) is 0 Å². The summed E-state index contributed by atoms with van der Waals surface area (Å²) in [6, 6.07) is 5.94. The van der Waals surface area contributed by atoms with Crippen molar-refractivity contribution in [3.8, 4) is 0 Å². The number of unbranched alkanes of at least 4 members (excludes halogenated alkanes) is 1. The molecule has 0 saturated heterocycles. The van der Waals surface area contributed by atoms with Crippen molar-refractivity contribution in [3.63, 3.8) is 0 Å². The highest BCUT2D eigenvalue weighted by Crippen LogP contribution is 2.36. The lowest BCUT2D eigenvalue weighted by Gasteiger charge is -2.26. The minimum absolute atomic E-state index is 0.210. The number of benzene rings is 1. The summed E-state index contributed by atoms with van der Waals surface area (Å²) in [5.74, 6) is 0.269. The normalized spacial score (nSPS) is 17.4. The smallest absolute Gasteiger partial charge is 0.338 e. The minimum atomic E-state index is -0.210. The molecule has 2 rings (SSSR count). The van der Waals surface area contributed by atoms with Crippen LogP contribution in [-0.4, -0.2) is 18.9 Å². The standard InChI is InChI=1S/C17H22O3/c1-2-20-17(19)16-11-6-9-14-13(7-3-4-12-18)8-5-10-15(14)16/h6,9,11-13H,2-5,7-8,10H2,1H3/t13-/m0/s1. The van der Waals surface area contributed by atoms with Crippen LogP contribution in [0, 0.1) is 0 Å². The van der Waals surface area contributed by atoms with Crippen molar-refractivity contribution in [2.75, 3.05) is 6.61 Å². The molecule has 3 nitrogen and oxygen atoms in total. The van der Waals surface area contributed by atoms with Crippen LogP contribution >= 0.6 is 0 Å². The van der Waals surface area contributed by atoms with Crippen molar-refractivity contribution in [2.24, 2.45) is 0 Å². The number of aldehydes is 1. The lowest BCUT2D eigenvalue weighted by Crippen LogP contribution is -2.16. The number of carbonyl (C=O) groups excluding carboxylic acids is 2. The molecule has 1 aromatic carbocycles. The van der Waals surface area contributed by atoms with Crippen molar-refractivity contribution < 1.29 is 14.3 Å². The van der Waals surface area contributed by atoms with Gasteiger partial charge in [-0.15, -0.1) is 0 Å². The van der Waals surface area contributed by atoms with Crippen molar-refractivity contribution >= 4 is 12.3 Å². The molecule has 20 heavy (non-hydrogen) atoms. The third kappa shape index (κ3) is 3.27. The maximum Gasteiger partial charge on any atom is 0.338 e. The number of hydrogen-bond acceptors (Lipinski definition) is 3. The number of hydrogen-bond donors (Lipinski definition) is 0. The van der Waals surface area contributed by atoms with Crippen LogP contribution in [0.2, 0.25) is 0 Å². The Kier molecular flexibility index (Phi) is 5.33. The molecule has 1 atom stereocenters. The molecular formula is C17H22O3. The van der Waals surface area contributed by atoms with Crippen molar-refractivity contribution in [1.29, 1.82) is 0 Å². The number of carbonyl (C=O) groups is 2. The van der Waals surface area contributed by atoms with E-state index in [1.807, 2.05) is 19.1 Å². The van der Waals surface area contributed by atoms with Gasteiger partial charge in [0.25, 0.3) is 0 Å². The molecule has 0 bridgehead atoms. The summed E-state index contributed by atoms with van der Waals surface area (Å²) in [6.07, 6.45) is 6.78. The molecule has 0 spiro atoms. The highest BCUT2D eigenvalue weighted by molar-refractivity contribution is 5.91. The molecule has 0 aromatic heterocycles. The first-order chi connectivity index (χ1) is 9.77. The zero-order valence-electron chi connectivity index (χ0n) is 12.1. The molecular weight excluding hydrogens is 252 g/mol. The lowest BCUT2D eigenvalue weighted by atomic mass is 9.78. The van der Waals surface area contributed by atoms with Gasteiger partial charge in [-0.2, -0.15) is 0 Å². The van der Waals surface area contributed by atoms with Crippen LogP contribution in [0.4, 0.5) is 0 Å². The minimum Gasteiger partial charge on any atom is -0.462 e. The fourth-order valence-electron chi connectivity index (χ4n) is 3.09. The van der Waals surface area contributed by atoms with E-state index in [-0.39, 0.29) is 5.97 Å². The van der Waals surface area contributed by atoms with E-state index in [4.69, 9.17) is 4.74 Å². The lowest BCUT2D eigenvalue weighted by molar-refractivity contribution is -0.107. The molecule has 0 fully saturated rings. The Hall–Kier alpha value is -1.64. The van der Waals surface area contributed by atoms with Gasteiger partial charge in [-0.05, 0) is 62.1 Å². The van der Waals surface area contributed by atoms with Gasteiger partial charge in [0.1, 0.15) is 6.29 Å². The van der Waals surface area contributed by atoms with Gasteiger partial charge in [-0.3, -0.25) is 0 Å². The first-order valence-electron chi connectivity index (χ1n) is 7.50.